The number of aromatic nitrogens is 3. The topological polar surface area (TPSA) is 69.0 Å². The summed E-state index contributed by atoms with van der Waals surface area (Å²) in [5, 5.41) is 7.55. The monoisotopic (exact) mass is 432 g/mol. The van der Waals surface area contributed by atoms with Crippen molar-refractivity contribution in [2.24, 2.45) is 0 Å². The molecule has 0 unspecified atom stereocenters. The van der Waals surface area contributed by atoms with Crippen molar-refractivity contribution in [3.63, 3.8) is 0 Å². The Balaban J connectivity index is 1.41. The minimum absolute atomic E-state index is 0.301. The number of pyridine rings is 1. The molecule has 1 amide bonds. The third kappa shape index (κ3) is 5.10. The zero-order valence-corrected chi connectivity index (χ0v) is 17.7. The molecule has 0 atom stereocenters. The van der Waals surface area contributed by atoms with Gasteiger partial charge in [0, 0.05) is 6.07 Å². The number of nitrogens with one attached hydrogen (secondary N) is 1. The number of benzene rings is 2. The number of ether oxygens (including phenoxy) is 1. The average Bonchev–Trinajstić information content (AvgIpc) is 3.07. The molecule has 2 aromatic carbocycles. The largest absolute Gasteiger partial charge is 0.473 e. The van der Waals surface area contributed by atoms with Crippen LogP contribution in [0, 0.1) is 6.92 Å². The summed E-state index contributed by atoms with van der Waals surface area (Å²) in [6, 6.07) is 23.1. The van der Waals surface area contributed by atoms with Crippen molar-refractivity contribution in [3.8, 4) is 5.88 Å². The number of carbonyl (C=O) groups is 1. The van der Waals surface area contributed by atoms with Gasteiger partial charge in [0.15, 0.2) is 0 Å². The average molecular weight is 433 g/mol. The van der Waals surface area contributed by atoms with E-state index in [1.54, 1.807) is 29.9 Å². The van der Waals surface area contributed by atoms with E-state index in [-0.39, 0.29) is 5.91 Å². The Morgan fingerprint density at radius 3 is 2.32 bits per heavy atom. The summed E-state index contributed by atoms with van der Waals surface area (Å²) < 4.78 is 7.30. The normalized spacial score (nSPS) is 10.6. The van der Waals surface area contributed by atoms with Gasteiger partial charge in [0.2, 0.25) is 5.88 Å². The number of amides is 1. The van der Waals surface area contributed by atoms with E-state index in [1.165, 1.54) is 0 Å². The smallest absolute Gasteiger partial charge is 0.260 e. The number of nitrogens with zero attached hydrogens (tertiary/aromatic N) is 3. The Labute approximate surface area is 185 Å². The molecule has 1 N–H and O–H groups in total. The molecule has 0 saturated carbocycles. The maximum Gasteiger partial charge on any atom is 0.260 e. The fourth-order valence-corrected chi connectivity index (χ4v) is 3.46. The minimum Gasteiger partial charge on any atom is -0.473 e. The second-order valence-corrected chi connectivity index (χ2v) is 7.37. The van der Waals surface area contributed by atoms with Crippen LogP contribution in [0.3, 0.4) is 0 Å². The van der Waals surface area contributed by atoms with Crippen molar-refractivity contribution in [1.82, 2.24) is 14.8 Å². The molecule has 2 heterocycles. The summed E-state index contributed by atoms with van der Waals surface area (Å²) in [5.41, 5.74) is 3.56. The molecule has 4 rings (SSSR count). The van der Waals surface area contributed by atoms with Gasteiger partial charge in [0.05, 0.1) is 29.7 Å². The molecule has 0 spiro atoms. The van der Waals surface area contributed by atoms with Crippen molar-refractivity contribution < 1.29 is 9.53 Å². The molecule has 0 aliphatic heterocycles. The van der Waals surface area contributed by atoms with Crippen LogP contribution in [0.2, 0.25) is 5.15 Å². The molecule has 0 saturated heterocycles. The van der Waals surface area contributed by atoms with E-state index in [0.717, 1.165) is 11.1 Å². The van der Waals surface area contributed by atoms with E-state index >= 15 is 0 Å². The Morgan fingerprint density at radius 1 is 1.00 bits per heavy atom. The van der Waals surface area contributed by atoms with Crippen LogP contribution in [0.4, 0.5) is 5.69 Å². The van der Waals surface area contributed by atoms with Gasteiger partial charge in [0.1, 0.15) is 11.8 Å². The highest BCUT2D eigenvalue weighted by atomic mass is 35.5. The zero-order chi connectivity index (χ0) is 21.6. The van der Waals surface area contributed by atoms with E-state index in [4.69, 9.17) is 16.3 Å². The Hall–Kier alpha value is -3.64. The predicted molar refractivity (Wildman–Crippen MR) is 120 cm³/mol. The molecule has 0 aliphatic rings. The number of carbonyl (C=O) groups excluding carboxylic acids is 1. The molecule has 6 nitrogen and oxygen atoms in total. The summed E-state index contributed by atoms with van der Waals surface area (Å²) in [4.78, 5) is 17.1. The van der Waals surface area contributed by atoms with E-state index in [0.29, 0.717) is 41.1 Å². The molecule has 0 bridgehead atoms. The zero-order valence-electron chi connectivity index (χ0n) is 17.0. The lowest BCUT2D eigenvalue weighted by Crippen LogP contribution is -2.13. The first-order valence-corrected chi connectivity index (χ1v) is 10.2. The van der Waals surface area contributed by atoms with Crippen LogP contribution in [0.1, 0.15) is 27.2 Å². The maximum atomic E-state index is 12.8. The Morgan fingerprint density at radius 2 is 1.68 bits per heavy atom. The highest BCUT2D eigenvalue weighted by molar-refractivity contribution is 6.33. The molecular formula is C24H21ClN4O2. The second-order valence-electron chi connectivity index (χ2n) is 7.01. The SMILES string of the molecule is Cc1nn(Cc2ccccc2)c(Cl)c1C(=O)Nc1ccc(OCc2ccccc2)nc1. The van der Waals surface area contributed by atoms with E-state index in [2.05, 4.69) is 15.4 Å². The molecule has 0 radical (unpaired) electrons. The third-order valence-electron chi connectivity index (χ3n) is 4.69. The molecule has 0 aliphatic carbocycles. The number of rotatable bonds is 7. The second kappa shape index (κ2) is 9.45. The van der Waals surface area contributed by atoms with Crippen LogP contribution in [-0.4, -0.2) is 20.7 Å². The molecule has 31 heavy (non-hydrogen) atoms. The fraction of sp³-hybridized carbons (Fsp3) is 0.125. The van der Waals surface area contributed by atoms with Crippen LogP contribution in [0.5, 0.6) is 5.88 Å². The van der Waals surface area contributed by atoms with Crippen molar-refractivity contribution in [2.45, 2.75) is 20.1 Å². The molecule has 2 aromatic heterocycles. The summed E-state index contributed by atoms with van der Waals surface area (Å²) in [6.45, 7) is 2.68. The van der Waals surface area contributed by atoms with Crippen LogP contribution in [0.25, 0.3) is 0 Å². The van der Waals surface area contributed by atoms with Crippen molar-refractivity contribution in [3.05, 3.63) is 107 Å². The lowest BCUT2D eigenvalue weighted by molar-refractivity contribution is 0.102. The molecule has 156 valence electrons. The Bertz CT molecular complexity index is 1160. The Kier molecular flexibility index (Phi) is 6.29. The predicted octanol–water partition coefficient (Wildman–Crippen LogP) is 5.12. The minimum atomic E-state index is -0.332. The van der Waals surface area contributed by atoms with Gasteiger partial charge in [-0.1, -0.05) is 72.3 Å². The molecular weight excluding hydrogens is 412 g/mol. The summed E-state index contributed by atoms with van der Waals surface area (Å²) in [6.07, 6.45) is 1.55. The first-order valence-electron chi connectivity index (χ1n) is 9.81. The van der Waals surface area contributed by atoms with Gasteiger partial charge in [-0.25, -0.2) is 9.67 Å². The van der Waals surface area contributed by atoms with Gasteiger partial charge >= 0.3 is 0 Å². The van der Waals surface area contributed by atoms with Crippen LogP contribution in [0.15, 0.2) is 79.0 Å². The maximum absolute atomic E-state index is 12.8. The lowest BCUT2D eigenvalue weighted by atomic mass is 10.2. The number of anilines is 1. The van der Waals surface area contributed by atoms with Crippen LogP contribution < -0.4 is 10.1 Å². The van der Waals surface area contributed by atoms with Gasteiger partial charge < -0.3 is 10.1 Å². The van der Waals surface area contributed by atoms with E-state index in [9.17, 15) is 4.79 Å². The fourth-order valence-electron chi connectivity index (χ4n) is 3.14. The van der Waals surface area contributed by atoms with Crippen LogP contribution in [-0.2, 0) is 13.2 Å². The standard InChI is InChI=1S/C24H21ClN4O2/c1-17-22(23(25)29(28-17)15-18-8-4-2-5-9-18)24(30)27-20-12-13-21(26-14-20)31-16-19-10-6-3-7-11-19/h2-14H,15-16H2,1H3,(H,27,30). The lowest BCUT2D eigenvalue weighted by Gasteiger charge is -2.08. The number of hydrogen-bond acceptors (Lipinski definition) is 4. The number of aryl methyl sites for hydroxylation is 1. The van der Waals surface area contributed by atoms with Crippen molar-refractivity contribution in [1.29, 1.82) is 0 Å². The highest BCUT2D eigenvalue weighted by Gasteiger charge is 2.20. The van der Waals surface area contributed by atoms with Crippen LogP contribution >= 0.6 is 11.6 Å². The van der Waals surface area contributed by atoms with Gasteiger partial charge in [-0.3, -0.25) is 4.79 Å². The first-order chi connectivity index (χ1) is 15.1. The summed E-state index contributed by atoms with van der Waals surface area (Å²) >= 11 is 6.47. The van der Waals surface area contributed by atoms with E-state index < -0.39 is 0 Å². The highest BCUT2D eigenvalue weighted by Crippen LogP contribution is 2.23. The first kappa shape index (κ1) is 20.6. The quantitative estimate of drug-likeness (QED) is 0.440. The summed E-state index contributed by atoms with van der Waals surface area (Å²) in [7, 11) is 0. The van der Waals surface area contributed by atoms with E-state index in [1.807, 2.05) is 60.7 Å². The van der Waals surface area contributed by atoms with Gasteiger partial charge in [0.25, 0.3) is 5.91 Å². The van der Waals surface area contributed by atoms with Gasteiger partial charge in [-0.05, 0) is 24.1 Å². The van der Waals surface area contributed by atoms with Gasteiger partial charge in [-0.15, -0.1) is 0 Å². The molecule has 7 heteroatoms. The summed E-state index contributed by atoms with van der Waals surface area (Å²) in [5.74, 6) is 0.147. The molecule has 4 aromatic rings. The van der Waals surface area contributed by atoms with Crippen molar-refractivity contribution >= 4 is 23.2 Å². The number of hydrogen-bond donors (Lipinski definition) is 1. The van der Waals surface area contributed by atoms with Gasteiger partial charge in [-0.2, -0.15) is 5.10 Å². The van der Waals surface area contributed by atoms with Crippen molar-refractivity contribution in [2.75, 3.05) is 5.32 Å². The molecule has 0 fully saturated rings. The number of halogens is 1. The third-order valence-corrected chi connectivity index (χ3v) is 5.08.